The van der Waals surface area contributed by atoms with E-state index in [-0.39, 0.29) is 11.6 Å². The first-order valence-electron chi connectivity index (χ1n) is 7.84. The van der Waals surface area contributed by atoms with Crippen molar-refractivity contribution in [3.05, 3.63) is 35.8 Å². The maximum absolute atomic E-state index is 13.5. The van der Waals surface area contributed by atoms with Crippen LogP contribution in [-0.4, -0.2) is 50.4 Å². The summed E-state index contributed by atoms with van der Waals surface area (Å²) >= 11 is 0. The molecule has 0 spiro atoms. The molecule has 0 bridgehead atoms. The molecule has 1 aromatic heterocycles. The number of aryl methyl sites for hydroxylation is 1. The molecule has 2 aromatic rings. The number of hydrogen-bond donors (Lipinski definition) is 0. The SMILES string of the molecule is COc1cc(C)nc(N2CCN(c3ccc(F)c(OC)c3)CC2)n1. The van der Waals surface area contributed by atoms with Crippen molar-refractivity contribution in [1.82, 2.24) is 9.97 Å². The molecule has 7 heteroatoms. The van der Waals surface area contributed by atoms with E-state index >= 15 is 0 Å². The molecule has 2 heterocycles. The Morgan fingerprint density at radius 2 is 1.67 bits per heavy atom. The lowest BCUT2D eigenvalue weighted by Crippen LogP contribution is -2.47. The molecule has 24 heavy (non-hydrogen) atoms. The van der Waals surface area contributed by atoms with Crippen molar-refractivity contribution in [2.45, 2.75) is 6.92 Å². The molecule has 1 aliphatic heterocycles. The molecule has 1 aliphatic rings. The van der Waals surface area contributed by atoms with Crippen LogP contribution in [0.5, 0.6) is 11.6 Å². The van der Waals surface area contributed by atoms with Crippen LogP contribution in [0.2, 0.25) is 0 Å². The van der Waals surface area contributed by atoms with E-state index in [9.17, 15) is 4.39 Å². The zero-order valence-corrected chi connectivity index (χ0v) is 14.1. The van der Waals surface area contributed by atoms with Gasteiger partial charge in [0.05, 0.1) is 14.2 Å². The third-order valence-corrected chi connectivity index (χ3v) is 4.09. The van der Waals surface area contributed by atoms with Gasteiger partial charge in [-0.2, -0.15) is 4.98 Å². The fourth-order valence-corrected chi connectivity index (χ4v) is 2.78. The quantitative estimate of drug-likeness (QED) is 0.856. The minimum atomic E-state index is -0.347. The van der Waals surface area contributed by atoms with Gasteiger partial charge in [0, 0.05) is 49.7 Å². The number of rotatable bonds is 4. The molecule has 0 atom stereocenters. The van der Waals surface area contributed by atoms with Gasteiger partial charge in [-0.1, -0.05) is 0 Å². The molecule has 0 radical (unpaired) electrons. The van der Waals surface area contributed by atoms with E-state index < -0.39 is 0 Å². The number of hydrogen-bond acceptors (Lipinski definition) is 6. The largest absolute Gasteiger partial charge is 0.494 e. The van der Waals surface area contributed by atoms with Crippen molar-refractivity contribution in [2.75, 3.05) is 50.2 Å². The molecule has 0 aliphatic carbocycles. The minimum Gasteiger partial charge on any atom is -0.494 e. The van der Waals surface area contributed by atoms with E-state index in [1.807, 2.05) is 13.0 Å². The van der Waals surface area contributed by atoms with E-state index in [0.29, 0.717) is 11.8 Å². The lowest BCUT2D eigenvalue weighted by Gasteiger charge is -2.36. The molecule has 6 nitrogen and oxygen atoms in total. The second kappa shape index (κ2) is 6.90. The second-order valence-electron chi connectivity index (χ2n) is 5.64. The second-order valence-corrected chi connectivity index (χ2v) is 5.64. The number of halogens is 1. The van der Waals surface area contributed by atoms with E-state index in [2.05, 4.69) is 19.8 Å². The van der Waals surface area contributed by atoms with Gasteiger partial charge in [0.15, 0.2) is 11.6 Å². The van der Waals surface area contributed by atoms with Crippen molar-refractivity contribution in [1.29, 1.82) is 0 Å². The summed E-state index contributed by atoms with van der Waals surface area (Å²) in [6.07, 6.45) is 0. The number of ether oxygens (including phenoxy) is 2. The Labute approximate surface area is 140 Å². The zero-order valence-electron chi connectivity index (χ0n) is 14.1. The van der Waals surface area contributed by atoms with Crippen LogP contribution in [0.1, 0.15) is 5.69 Å². The first kappa shape index (κ1) is 16.3. The molecule has 1 saturated heterocycles. The van der Waals surface area contributed by atoms with E-state index in [1.54, 1.807) is 19.2 Å². The van der Waals surface area contributed by atoms with Gasteiger partial charge in [-0.25, -0.2) is 9.37 Å². The number of benzene rings is 1. The highest BCUT2D eigenvalue weighted by molar-refractivity contribution is 5.52. The van der Waals surface area contributed by atoms with Crippen molar-refractivity contribution in [2.24, 2.45) is 0 Å². The Kier molecular flexibility index (Phi) is 4.69. The molecule has 128 valence electrons. The highest BCUT2D eigenvalue weighted by atomic mass is 19.1. The van der Waals surface area contributed by atoms with Crippen LogP contribution in [-0.2, 0) is 0 Å². The summed E-state index contributed by atoms with van der Waals surface area (Å²) in [6.45, 7) is 5.09. The van der Waals surface area contributed by atoms with Gasteiger partial charge in [0.1, 0.15) is 0 Å². The van der Waals surface area contributed by atoms with Crippen molar-refractivity contribution >= 4 is 11.6 Å². The summed E-state index contributed by atoms with van der Waals surface area (Å²) in [4.78, 5) is 13.2. The predicted octanol–water partition coefficient (Wildman–Crippen LogP) is 2.27. The Balaban J connectivity index is 1.71. The lowest BCUT2D eigenvalue weighted by molar-refractivity contribution is 0.386. The van der Waals surface area contributed by atoms with E-state index in [1.165, 1.54) is 13.2 Å². The Morgan fingerprint density at radius 3 is 2.33 bits per heavy atom. The number of methoxy groups -OCH3 is 2. The van der Waals surface area contributed by atoms with Crippen LogP contribution in [0, 0.1) is 12.7 Å². The Hall–Kier alpha value is -2.57. The zero-order chi connectivity index (χ0) is 17.1. The van der Waals surface area contributed by atoms with E-state index in [4.69, 9.17) is 9.47 Å². The Bertz CT molecular complexity index is 718. The molecule has 0 unspecified atom stereocenters. The van der Waals surface area contributed by atoms with Crippen LogP contribution in [0.15, 0.2) is 24.3 Å². The molecular weight excluding hydrogens is 311 g/mol. The average molecular weight is 332 g/mol. The fourth-order valence-electron chi connectivity index (χ4n) is 2.78. The van der Waals surface area contributed by atoms with Gasteiger partial charge >= 0.3 is 0 Å². The van der Waals surface area contributed by atoms with Crippen LogP contribution >= 0.6 is 0 Å². The minimum absolute atomic E-state index is 0.265. The number of aromatic nitrogens is 2. The summed E-state index contributed by atoms with van der Waals surface area (Å²) < 4.78 is 23.8. The molecule has 0 amide bonds. The molecule has 1 aromatic carbocycles. The van der Waals surface area contributed by atoms with Gasteiger partial charge in [0.25, 0.3) is 0 Å². The highest BCUT2D eigenvalue weighted by Gasteiger charge is 2.21. The van der Waals surface area contributed by atoms with Crippen LogP contribution in [0.4, 0.5) is 16.0 Å². The van der Waals surface area contributed by atoms with Crippen LogP contribution < -0.4 is 19.3 Å². The monoisotopic (exact) mass is 332 g/mol. The predicted molar refractivity (Wildman–Crippen MR) is 90.7 cm³/mol. The third kappa shape index (κ3) is 3.34. The van der Waals surface area contributed by atoms with E-state index in [0.717, 1.165) is 37.6 Å². The first-order valence-corrected chi connectivity index (χ1v) is 7.84. The summed E-state index contributed by atoms with van der Waals surface area (Å²) in [6, 6.07) is 6.76. The first-order chi connectivity index (χ1) is 11.6. The summed E-state index contributed by atoms with van der Waals surface area (Å²) in [5, 5.41) is 0. The average Bonchev–Trinajstić information content (AvgIpc) is 2.61. The summed E-state index contributed by atoms with van der Waals surface area (Å²) in [5.74, 6) is 1.17. The summed E-state index contributed by atoms with van der Waals surface area (Å²) in [7, 11) is 3.08. The lowest BCUT2D eigenvalue weighted by atomic mass is 10.2. The standard InChI is InChI=1S/C17H21FN4O2/c1-12-10-16(24-3)20-17(19-12)22-8-6-21(7-9-22)13-4-5-14(18)15(11-13)23-2/h4-5,10-11H,6-9H2,1-3H3. The van der Waals surface area contributed by atoms with Crippen molar-refractivity contribution in [3.8, 4) is 11.6 Å². The Morgan fingerprint density at radius 1 is 0.958 bits per heavy atom. The normalized spacial score (nSPS) is 14.7. The van der Waals surface area contributed by atoms with Gasteiger partial charge in [-0.3, -0.25) is 0 Å². The smallest absolute Gasteiger partial charge is 0.228 e. The summed E-state index contributed by atoms with van der Waals surface area (Å²) in [5.41, 5.74) is 1.83. The van der Waals surface area contributed by atoms with Gasteiger partial charge in [-0.05, 0) is 19.1 Å². The van der Waals surface area contributed by atoms with Crippen molar-refractivity contribution in [3.63, 3.8) is 0 Å². The molecule has 0 N–H and O–H groups in total. The van der Waals surface area contributed by atoms with Gasteiger partial charge in [0.2, 0.25) is 11.8 Å². The van der Waals surface area contributed by atoms with Crippen LogP contribution in [0.25, 0.3) is 0 Å². The van der Waals surface area contributed by atoms with Crippen LogP contribution in [0.3, 0.4) is 0 Å². The highest BCUT2D eigenvalue weighted by Crippen LogP contribution is 2.26. The molecule has 3 rings (SSSR count). The van der Waals surface area contributed by atoms with Gasteiger partial charge < -0.3 is 19.3 Å². The maximum Gasteiger partial charge on any atom is 0.228 e. The topological polar surface area (TPSA) is 50.7 Å². The molecule has 0 saturated carbocycles. The molecule has 1 fully saturated rings. The molecular formula is C17H21FN4O2. The number of piperazine rings is 1. The van der Waals surface area contributed by atoms with Gasteiger partial charge in [-0.15, -0.1) is 0 Å². The number of nitrogens with zero attached hydrogens (tertiary/aromatic N) is 4. The van der Waals surface area contributed by atoms with Crippen molar-refractivity contribution < 1.29 is 13.9 Å². The maximum atomic E-state index is 13.5. The number of anilines is 2. The third-order valence-electron chi connectivity index (χ3n) is 4.09. The fraction of sp³-hybridized carbons (Fsp3) is 0.412.